The Hall–Kier alpha value is -0.780. The van der Waals surface area contributed by atoms with E-state index in [2.05, 4.69) is 26.2 Å². The van der Waals surface area contributed by atoms with Gasteiger partial charge in [-0.25, -0.2) is 9.37 Å². The van der Waals surface area contributed by atoms with Gasteiger partial charge >= 0.3 is 0 Å². The fourth-order valence-electron chi connectivity index (χ4n) is 1.71. The number of rotatable bonds is 4. The molecule has 0 saturated carbocycles. The van der Waals surface area contributed by atoms with Crippen molar-refractivity contribution in [1.29, 1.82) is 0 Å². The van der Waals surface area contributed by atoms with Gasteiger partial charge in [0.1, 0.15) is 5.82 Å². The van der Waals surface area contributed by atoms with Gasteiger partial charge in [-0.05, 0) is 37.2 Å². The third kappa shape index (κ3) is 3.34. The minimum absolute atomic E-state index is 0.120. The van der Waals surface area contributed by atoms with Gasteiger partial charge < -0.3 is 5.32 Å². The Bertz CT molecular complexity index is 467. The van der Waals surface area contributed by atoms with E-state index in [1.165, 1.54) is 6.07 Å². The number of likely N-dealkylation sites (N-methyl/N-ethyl adjacent to an activating group) is 1. The van der Waals surface area contributed by atoms with Crippen molar-refractivity contribution in [2.45, 2.75) is 12.5 Å². The van der Waals surface area contributed by atoms with E-state index >= 15 is 0 Å². The Morgan fingerprint density at radius 2 is 2.29 bits per heavy atom. The quantitative estimate of drug-likeness (QED) is 0.933. The number of hydrogen-bond donors (Lipinski definition) is 1. The second-order valence-corrected chi connectivity index (χ2v) is 5.37. The summed E-state index contributed by atoms with van der Waals surface area (Å²) in [6.45, 7) is 0. The second-order valence-electron chi connectivity index (χ2n) is 3.74. The van der Waals surface area contributed by atoms with Crippen LogP contribution in [0.2, 0.25) is 0 Å². The zero-order chi connectivity index (χ0) is 12.3. The lowest BCUT2D eigenvalue weighted by molar-refractivity contribution is 0.573. The molecule has 0 saturated heterocycles. The van der Waals surface area contributed by atoms with Crippen molar-refractivity contribution in [3.05, 3.63) is 50.6 Å². The van der Waals surface area contributed by atoms with Crippen molar-refractivity contribution in [2.75, 3.05) is 7.05 Å². The Morgan fingerprint density at radius 3 is 2.88 bits per heavy atom. The first-order valence-corrected chi connectivity index (χ1v) is 6.93. The maximum absolute atomic E-state index is 13.3. The van der Waals surface area contributed by atoms with Gasteiger partial charge in [0.25, 0.3) is 0 Å². The third-order valence-corrected chi connectivity index (χ3v) is 3.58. The standard InChI is InChI=1S/C12H12BrFN2S/c1-15-11(12-6-17-7-16-12)4-8-2-9(13)5-10(14)3-8/h2-3,5-7,11,15H,4H2,1H3. The molecule has 2 rings (SSSR count). The molecule has 1 heterocycles. The van der Waals surface area contributed by atoms with E-state index in [4.69, 9.17) is 0 Å². The molecule has 90 valence electrons. The molecule has 0 aliphatic heterocycles. The molecule has 0 radical (unpaired) electrons. The molecule has 0 bridgehead atoms. The fraction of sp³-hybridized carbons (Fsp3) is 0.250. The molecule has 0 spiro atoms. The zero-order valence-electron chi connectivity index (χ0n) is 9.28. The van der Waals surface area contributed by atoms with Gasteiger partial charge in [-0.1, -0.05) is 15.9 Å². The molecule has 2 nitrogen and oxygen atoms in total. The summed E-state index contributed by atoms with van der Waals surface area (Å²) in [6, 6.07) is 5.07. The van der Waals surface area contributed by atoms with E-state index in [0.29, 0.717) is 0 Å². The Kier molecular flexibility index (Phi) is 4.25. The monoisotopic (exact) mass is 314 g/mol. The van der Waals surface area contributed by atoms with Crippen LogP contribution in [-0.4, -0.2) is 12.0 Å². The first kappa shape index (κ1) is 12.7. The minimum atomic E-state index is -0.220. The summed E-state index contributed by atoms with van der Waals surface area (Å²) in [4.78, 5) is 4.28. The van der Waals surface area contributed by atoms with Gasteiger partial charge in [-0.2, -0.15) is 0 Å². The van der Waals surface area contributed by atoms with Crippen LogP contribution in [-0.2, 0) is 6.42 Å². The number of nitrogens with zero attached hydrogens (tertiary/aromatic N) is 1. The highest BCUT2D eigenvalue weighted by molar-refractivity contribution is 9.10. The molecule has 1 N–H and O–H groups in total. The fourth-order valence-corrected chi connectivity index (χ4v) is 2.83. The van der Waals surface area contributed by atoms with Gasteiger partial charge in [0.15, 0.2) is 0 Å². The predicted molar refractivity (Wildman–Crippen MR) is 71.7 cm³/mol. The summed E-state index contributed by atoms with van der Waals surface area (Å²) in [5, 5.41) is 5.21. The number of aromatic nitrogens is 1. The number of nitrogens with one attached hydrogen (secondary N) is 1. The van der Waals surface area contributed by atoms with Crippen LogP contribution in [0.25, 0.3) is 0 Å². The maximum atomic E-state index is 13.3. The molecule has 1 aromatic carbocycles. The van der Waals surface area contributed by atoms with Crippen LogP contribution in [0.5, 0.6) is 0 Å². The molecule has 0 aliphatic rings. The molecule has 1 unspecified atom stereocenters. The van der Waals surface area contributed by atoms with Crippen molar-refractivity contribution in [3.63, 3.8) is 0 Å². The van der Waals surface area contributed by atoms with Crippen LogP contribution in [0.15, 0.2) is 33.6 Å². The topological polar surface area (TPSA) is 24.9 Å². The van der Waals surface area contributed by atoms with Crippen LogP contribution in [0.3, 0.4) is 0 Å². The highest BCUT2D eigenvalue weighted by Crippen LogP contribution is 2.21. The Labute approximate surface area is 112 Å². The Morgan fingerprint density at radius 1 is 1.47 bits per heavy atom. The van der Waals surface area contributed by atoms with Crippen molar-refractivity contribution < 1.29 is 4.39 Å². The van der Waals surface area contributed by atoms with Gasteiger partial charge in [0.05, 0.1) is 17.2 Å². The van der Waals surface area contributed by atoms with Crippen molar-refractivity contribution in [2.24, 2.45) is 0 Å². The molecule has 17 heavy (non-hydrogen) atoms. The number of halogens is 2. The number of thiazole rings is 1. The van der Waals surface area contributed by atoms with E-state index in [1.54, 1.807) is 22.9 Å². The van der Waals surface area contributed by atoms with Crippen LogP contribution in [0, 0.1) is 5.82 Å². The highest BCUT2D eigenvalue weighted by atomic mass is 79.9. The van der Waals surface area contributed by atoms with Crippen molar-refractivity contribution in [1.82, 2.24) is 10.3 Å². The smallest absolute Gasteiger partial charge is 0.124 e. The van der Waals surface area contributed by atoms with Gasteiger partial charge in [-0.15, -0.1) is 11.3 Å². The molecular weight excluding hydrogens is 303 g/mol. The largest absolute Gasteiger partial charge is 0.311 e. The first-order valence-electron chi connectivity index (χ1n) is 5.19. The summed E-state index contributed by atoms with van der Waals surface area (Å²) in [5.41, 5.74) is 3.75. The van der Waals surface area contributed by atoms with E-state index in [1.807, 2.05) is 18.5 Å². The van der Waals surface area contributed by atoms with Gasteiger partial charge in [-0.3, -0.25) is 0 Å². The normalized spacial score (nSPS) is 12.6. The summed E-state index contributed by atoms with van der Waals surface area (Å²) >= 11 is 4.87. The highest BCUT2D eigenvalue weighted by Gasteiger charge is 2.12. The Balaban J connectivity index is 2.18. The summed E-state index contributed by atoms with van der Waals surface area (Å²) in [6.07, 6.45) is 0.719. The van der Waals surface area contributed by atoms with E-state index in [-0.39, 0.29) is 11.9 Å². The molecular formula is C12H12BrFN2S. The van der Waals surface area contributed by atoms with Crippen LogP contribution in [0.4, 0.5) is 4.39 Å². The average molecular weight is 315 g/mol. The van der Waals surface area contributed by atoms with Crippen molar-refractivity contribution >= 4 is 27.3 Å². The lowest BCUT2D eigenvalue weighted by Gasteiger charge is -2.14. The molecule has 5 heteroatoms. The van der Waals surface area contributed by atoms with Crippen LogP contribution in [0.1, 0.15) is 17.3 Å². The van der Waals surface area contributed by atoms with Crippen molar-refractivity contribution in [3.8, 4) is 0 Å². The zero-order valence-corrected chi connectivity index (χ0v) is 11.7. The summed E-state index contributed by atoms with van der Waals surface area (Å²) < 4.78 is 14.0. The summed E-state index contributed by atoms with van der Waals surface area (Å²) in [5.74, 6) is -0.220. The summed E-state index contributed by atoms with van der Waals surface area (Å²) in [7, 11) is 1.89. The third-order valence-electron chi connectivity index (χ3n) is 2.52. The van der Waals surface area contributed by atoms with Gasteiger partial charge in [0, 0.05) is 9.85 Å². The molecule has 0 aliphatic carbocycles. The van der Waals surface area contributed by atoms with E-state index in [0.717, 1.165) is 22.2 Å². The SMILES string of the molecule is CNC(Cc1cc(F)cc(Br)c1)c1cscn1. The lowest BCUT2D eigenvalue weighted by atomic mass is 10.0. The lowest BCUT2D eigenvalue weighted by Crippen LogP contribution is -2.19. The van der Waals surface area contributed by atoms with E-state index < -0.39 is 0 Å². The molecule has 0 amide bonds. The van der Waals surface area contributed by atoms with Gasteiger partial charge in [0.2, 0.25) is 0 Å². The first-order chi connectivity index (χ1) is 8.19. The molecule has 1 aromatic heterocycles. The molecule has 2 aromatic rings. The molecule has 1 atom stereocenters. The predicted octanol–water partition coefficient (Wildman–Crippen LogP) is 3.55. The van der Waals surface area contributed by atoms with Crippen LogP contribution >= 0.6 is 27.3 Å². The average Bonchev–Trinajstić information content (AvgIpc) is 2.77. The number of hydrogen-bond acceptors (Lipinski definition) is 3. The maximum Gasteiger partial charge on any atom is 0.124 e. The van der Waals surface area contributed by atoms with Crippen LogP contribution < -0.4 is 5.32 Å². The minimum Gasteiger partial charge on any atom is -0.311 e. The number of benzene rings is 1. The van der Waals surface area contributed by atoms with E-state index in [9.17, 15) is 4.39 Å². The second kappa shape index (κ2) is 5.71. The molecule has 0 fully saturated rings.